The number of benzene rings is 2. The lowest BCUT2D eigenvalue weighted by Crippen LogP contribution is -2.63. The van der Waals surface area contributed by atoms with Crippen LogP contribution in [0.3, 0.4) is 0 Å². The minimum Gasteiger partial charge on any atom is -0.508 e. The predicted molar refractivity (Wildman–Crippen MR) is 145 cm³/mol. The van der Waals surface area contributed by atoms with E-state index in [0.717, 1.165) is 24.3 Å². The van der Waals surface area contributed by atoms with Crippen LogP contribution in [0.15, 0.2) is 39.5 Å². The van der Waals surface area contributed by atoms with Gasteiger partial charge in [-0.2, -0.15) is 0 Å². The van der Waals surface area contributed by atoms with E-state index in [0.29, 0.717) is 0 Å². The minimum atomic E-state index is -1.85. The molecule has 44 heavy (non-hydrogen) atoms. The van der Waals surface area contributed by atoms with Crippen LogP contribution in [-0.4, -0.2) is 125 Å². The lowest BCUT2D eigenvalue weighted by molar-refractivity contribution is -0.330. The minimum absolute atomic E-state index is 0.00511. The molecule has 11 N–H and O–H groups in total. The summed E-state index contributed by atoms with van der Waals surface area (Å²) in [7, 11) is 0. The van der Waals surface area contributed by atoms with Crippen molar-refractivity contribution in [3.05, 3.63) is 40.6 Å². The number of phenolic OH excluding ortho intramolecular Hbond substituents is 4. The SMILES string of the molecule is O=c1c(OC2CC(CO)C(OC3OC(CO)C(O)C(O)C3O)C(O)C2O)c(-c2ccc(O)c(O)c2)oc2cc(O)cc(O)c12. The van der Waals surface area contributed by atoms with Crippen LogP contribution in [0.2, 0.25) is 0 Å². The van der Waals surface area contributed by atoms with Gasteiger partial charge in [0, 0.05) is 30.2 Å². The summed E-state index contributed by atoms with van der Waals surface area (Å²) in [5.74, 6) is -4.15. The second-order valence-corrected chi connectivity index (χ2v) is 10.7. The molecule has 1 aliphatic carbocycles. The summed E-state index contributed by atoms with van der Waals surface area (Å²) >= 11 is 0. The second-order valence-electron chi connectivity index (χ2n) is 10.7. The second kappa shape index (κ2) is 12.4. The Balaban J connectivity index is 1.49. The van der Waals surface area contributed by atoms with Crippen LogP contribution >= 0.6 is 0 Å². The average molecular weight is 625 g/mol. The third kappa shape index (κ3) is 5.63. The number of hydrogen-bond donors (Lipinski definition) is 11. The zero-order chi connectivity index (χ0) is 32.0. The molecule has 10 unspecified atom stereocenters. The third-order valence-corrected chi connectivity index (χ3v) is 7.87. The molecule has 2 heterocycles. The van der Waals surface area contributed by atoms with Crippen molar-refractivity contribution in [2.75, 3.05) is 13.2 Å². The van der Waals surface area contributed by atoms with Crippen molar-refractivity contribution in [2.45, 2.75) is 61.5 Å². The van der Waals surface area contributed by atoms with Gasteiger partial charge >= 0.3 is 0 Å². The molecule has 16 heteroatoms. The van der Waals surface area contributed by atoms with Gasteiger partial charge in [0.05, 0.1) is 12.7 Å². The molecule has 3 aromatic rings. The van der Waals surface area contributed by atoms with Crippen molar-refractivity contribution in [1.82, 2.24) is 0 Å². The molecule has 1 aliphatic heterocycles. The molecule has 0 radical (unpaired) electrons. The van der Waals surface area contributed by atoms with E-state index < -0.39 is 114 Å². The highest BCUT2D eigenvalue weighted by Crippen LogP contribution is 2.40. The Morgan fingerprint density at radius 2 is 1.52 bits per heavy atom. The number of fused-ring (bicyclic) bond motifs is 1. The molecule has 240 valence electrons. The molecule has 2 aromatic carbocycles. The van der Waals surface area contributed by atoms with Gasteiger partial charge in [-0.3, -0.25) is 4.79 Å². The number of rotatable bonds is 7. The highest BCUT2D eigenvalue weighted by Gasteiger charge is 2.50. The van der Waals surface area contributed by atoms with Crippen LogP contribution in [-0.2, 0) is 9.47 Å². The smallest absolute Gasteiger partial charge is 0.239 e. The first-order valence-electron chi connectivity index (χ1n) is 13.5. The molecule has 1 aromatic heterocycles. The van der Waals surface area contributed by atoms with Gasteiger partial charge in [0.1, 0.15) is 65.2 Å². The van der Waals surface area contributed by atoms with Gasteiger partial charge in [-0.1, -0.05) is 0 Å². The maximum atomic E-state index is 13.6. The number of phenols is 4. The van der Waals surface area contributed by atoms with Crippen molar-refractivity contribution >= 4 is 11.0 Å². The Kier molecular flexibility index (Phi) is 8.90. The van der Waals surface area contributed by atoms with Crippen LogP contribution in [0, 0.1) is 5.92 Å². The summed E-state index contributed by atoms with van der Waals surface area (Å²) in [6, 6.07) is 5.34. The topological polar surface area (TPSA) is 280 Å². The Morgan fingerprint density at radius 3 is 2.18 bits per heavy atom. The molecule has 0 spiro atoms. The largest absolute Gasteiger partial charge is 0.508 e. The van der Waals surface area contributed by atoms with Crippen molar-refractivity contribution < 1.29 is 74.8 Å². The highest BCUT2D eigenvalue weighted by atomic mass is 16.7. The molecular formula is C28H32O16. The summed E-state index contributed by atoms with van der Waals surface area (Å²) in [6.45, 7) is -1.42. The van der Waals surface area contributed by atoms with Gasteiger partial charge in [-0.25, -0.2) is 0 Å². The fourth-order valence-corrected chi connectivity index (χ4v) is 5.47. The summed E-state index contributed by atoms with van der Waals surface area (Å²) in [4.78, 5) is 13.6. The normalized spacial score (nSPS) is 32.5. The van der Waals surface area contributed by atoms with Gasteiger partial charge in [0.15, 0.2) is 23.5 Å². The van der Waals surface area contributed by atoms with Crippen LogP contribution in [0.25, 0.3) is 22.3 Å². The van der Waals surface area contributed by atoms with Gasteiger partial charge < -0.3 is 74.8 Å². The molecule has 2 aliphatic rings. The number of aliphatic hydroxyl groups is 7. The molecule has 1 saturated heterocycles. The van der Waals surface area contributed by atoms with Gasteiger partial charge in [-0.05, 0) is 24.6 Å². The van der Waals surface area contributed by atoms with Crippen molar-refractivity contribution in [3.8, 4) is 40.1 Å². The number of aromatic hydroxyl groups is 4. The molecule has 16 nitrogen and oxygen atoms in total. The Morgan fingerprint density at radius 1 is 0.795 bits per heavy atom. The van der Waals surface area contributed by atoms with Gasteiger partial charge in [0.25, 0.3) is 0 Å². The molecule has 2 fully saturated rings. The Bertz CT molecular complexity index is 1550. The van der Waals surface area contributed by atoms with Crippen molar-refractivity contribution in [3.63, 3.8) is 0 Å². The maximum Gasteiger partial charge on any atom is 0.239 e. The number of aliphatic hydroxyl groups excluding tert-OH is 7. The van der Waals surface area contributed by atoms with E-state index in [4.69, 9.17) is 18.6 Å². The van der Waals surface area contributed by atoms with Gasteiger partial charge in [-0.15, -0.1) is 0 Å². The fourth-order valence-electron chi connectivity index (χ4n) is 5.47. The van der Waals surface area contributed by atoms with Crippen LogP contribution < -0.4 is 10.2 Å². The number of hydrogen-bond acceptors (Lipinski definition) is 16. The molecule has 10 atom stereocenters. The van der Waals surface area contributed by atoms with Crippen LogP contribution in [0.5, 0.6) is 28.7 Å². The Labute approximate surface area is 247 Å². The standard InChI is InChI=1S/C28H32O16/c29-7-10-4-16(19(35)23(39)25(10)44-28-24(40)22(38)20(36)17(8-30)43-28)42-27-21(37)18-14(34)5-11(31)6-15(18)41-26(27)9-1-2-12(32)13(33)3-9/h1-3,5-6,10,16-17,19-20,22-25,28-36,38-40H,4,7-8H2. The first-order chi connectivity index (χ1) is 20.9. The summed E-state index contributed by atoms with van der Waals surface area (Å²) in [5.41, 5.74) is -1.23. The molecule has 5 rings (SSSR count). The maximum absolute atomic E-state index is 13.6. The lowest BCUT2D eigenvalue weighted by atomic mass is 9.80. The Hall–Kier alpha value is -3.71. The van der Waals surface area contributed by atoms with Gasteiger partial charge in [0.2, 0.25) is 11.2 Å². The van der Waals surface area contributed by atoms with E-state index in [-0.39, 0.29) is 23.3 Å². The molecule has 0 bridgehead atoms. The van der Waals surface area contributed by atoms with Crippen molar-refractivity contribution in [2.24, 2.45) is 5.92 Å². The van der Waals surface area contributed by atoms with Crippen molar-refractivity contribution in [1.29, 1.82) is 0 Å². The van der Waals surface area contributed by atoms with E-state index in [2.05, 4.69) is 0 Å². The van der Waals surface area contributed by atoms with E-state index in [1.165, 1.54) is 6.07 Å². The zero-order valence-corrected chi connectivity index (χ0v) is 22.7. The lowest BCUT2D eigenvalue weighted by Gasteiger charge is -2.46. The number of ether oxygens (including phenoxy) is 3. The summed E-state index contributed by atoms with van der Waals surface area (Å²) < 4.78 is 22.6. The zero-order valence-electron chi connectivity index (χ0n) is 22.7. The van der Waals surface area contributed by atoms with Crippen LogP contribution in [0.4, 0.5) is 0 Å². The van der Waals surface area contributed by atoms with E-state index in [1.807, 2.05) is 0 Å². The summed E-state index contributed by atoms with van der Waals surface area (Å²) in [6.07, 6.45) is -15.1. The predicted octanol–water partition coefficient (Wildman–Crippen LogP) is -2.05. The molecule has 0 amide bonds. The first-order valence-corrected chi connectivity index (χ1v) is 13.5. The molecular weight excluding hydrogens is 592 g/mol. The van der Waals surface area contributed by atoms with E-state index in [1.54, 1.807) is 0 Å². The quantitative estimate of drug-likeness (QED) is 0.126. The monoisotopic (exact) mass is 624 g/mol. The van der Waals surface area contributed by atoms with E-state index in [9.17, 15) is 61.0 Å². The third-order valence-electron chi connectivity index (χ3n) is 7.87. The average Bonchev–Trinajstić information content (AvgIpc) is 2.98. The van der Waals surface area contributed by atoms with Crippen LogP contribution in [0.1, 0.15) is 6.42 Å². The summed E-state index contributed by atoms with van der Waals surface area (Å²) in [5, 5.41) is 112. The fraction of sp³-hybridized carbons (Fsp3) is 0.464. The van der Waals surface area contributed by atoms with E-state index >= 15 is 0 Å². The first kappa shape index (κ1) is 31.7. The molecule has 1 saturated carbocycles. The highest BCUT2D eigenvalue weighted by molar-refractivity contribution is 5.88.